The number of halogens is 4. The summed E-state index contributed by atoms with van der Waals surface area (Å²) in [6, 6.07) is 2.15. The molecule has 1 aromatic rings. The maximum atomic E-state index is 12.0. The fourth-order valence-electron chi connectivity index (χ4n) is 1.11. The second-order valence-electron chi connectivity index (χ2n) is 2.89. The molecule has 0 heterocycles. The van der Waals surface area contributed by atoms with Crippen LogP contribution in [0.3, 0.4) is 0 Å². The summed E-state index contributed by atoms with van der Waals surface area (Å²) in [4.78, 5) is 10.6. The number of benzene rings is 1. The number of aliphatic carboxylic acids is 1. The van der Waals surface area contributed by atoms with Gasteiger partial charge in [-0.2, -0.15) is 8.78 Å². The molecule has 0 radical (unpaired) electrons. The number of aliphatic hydroxyl groups excluding tert-OH is 1. The fourth-order valence-corrected chi connectivity index (χ4v) is 1.73. The minimum Gasteiger partial charge on any atom is -0.479 e. The highest BCUT2D eigenvalue weighted by Crippen LogP contribution is 2.37. The van der Waals surface area contributed by atoms with E-state index in [4.69, 9.17) is 28.3 Å². The summed E-state index contributed by atoms with van der Waals surface area (Å²) < 4.78 is 28.0. The van der Waals surface area contributed by atoms with Crippen LogP contribution >= 0.6 is 23.2 Å². The summed E-state index contributed by atoms with van der Waals surface area (Å²) in [5.74, 6) is -2.07. The van der Waals surface area contributed by atoms with Gasteiger partial charge in [0.15, 0.2) is 6.10 Å². The second kappa shape index (κ2) is 5.48. The number of carbonyl (C=O) groups is 1. The molecular formula is C9H6Cl2F2O4. The molecule has 94 valence electrons. The van der Waals surface area contributed by atoms with Gasteiger partial charge in [0.2, 0.25) is 0 Å². The van der Waals surface area contributed by atoms with Crippen molar-refractivity contribution in [2.45, 2.75) is 12.7 Å². The van der Waals surface area contributed by atoms with Crippen LogP contribution in [0, 0.1) is 0 Å². The van der Waals surface area contributed by atoms with Crippen LogP contribution in [-0.4, -0.2) is 22.8 Å². The molecule has 4 nitrogen and oxygen atoms in total. The lowest BCUT2D eigenvalue weighted by atomic mass is 10.1. The van der Waals surface area contributed by atoms with E-state index in [1.165, 1.54) is 0 Å². The summed E-state index contributed by atoms with van der Waals surface area (Å²) >= 11 is 11.3. The molecule has 0 saturated heterocycles. The van der Waals surface area contributed by atoms with E-state index in [1.54, 1.807) is 0 Å². The van der Waals surface area contributed by atoms with E-state index in [-0.39, 0.29) is 10.6 Å². The lowest BCUT2D eigenvalue weighted by Gasteiger charge is -2.14. The Morgan fingerprint density at radius 1 is 1.35 bits per heavy atom. The third kappa shape index (κ3) is 3.18. The van der Waals surface area contributed by atoms with E-state index in [9.17, 15) is 18.7 Å². The van der Waals surface area contributed by atoms with Gasteiger partial charge in [0.25, 0.3) is 0 Å². The van der Waals surface area contributed by atoms with Gasteiger partial charge in [0, 0.05) is 10.6 Å². The zero-order chi connectivity index (χ0) is 13.2. The minimum atomic E-state index is -3.12. The van der Waals surface area contributed by atoms with Crippen LogP contribution in [0.2, 0.25) is 10.0 Å². The molecule has 0 aliphatic carbocycles. The number of hydrogen-bond acceptors (Lipinski definition) is 3. The number of ether oxygens (including phenoxy) is 1. The van der Waals surface area contributed by atoms with E-state index in [0.29, 0.717) is 0 Å². The van der Waals surface area contributed by atoms with Gasteiger partial charge in [0.1, 0.15) is 5.75 Å². The zero-order valence-corrected chi connectivity index (χ0v) is 9.54. The van der Waals surface area contributed by atoms with Crippen molar-refractivity contribution >= 4 is 29.2 Å². The Labute approximate surface area is 104 Å². The molecule has 17 heavy (non-hydrogen) atoms. The molecule has 0 aliphatic rings. The number of rotatable bonds is 4. The first-order valence-corrected chi connectivity index (χ1v) is 4.93. The topological polar surface area (TPSA) is 66.8 Å². The standard InChI is InChI=1S/C9H6Cl2F2O4/c10-3-1-2-4(17-9(12)13)6(11)5(3)7(14)8(15)16/h1-2,7,9,14H,(H,15,16). The van der Waals surface area contributed by atoms with Gasteiger partial charge in [-0.3, -0.25) is 0 Å². The van der Waals surface area contributed by atoms with E-state index >= 15 is 0 Å². The van der Waals surface area contributed by atoms with Crippen LogP contribution in [0.5, 0.6) is 5.75 Å². The molecule has 0 fully saturated rings. The lowest BCUT2D eigenvalue weighted by Crippen LogP contribution is -2.12. The average molecular weight is 287 g/mol. The van der Waals surface area contributed by atoms with Crippen molar-refractivity contribution in [3.63, 3.8) is 0 Å². The monoisotopic (exact) mass is 286 g/mol. The Morgan fingerprint density at radius 3 is 2.41 bits per heavy atom. The molecule has 1 rings (SSSR count). The molecule has 0 saturated carbocycles. The van der Waals surface area contributed by atoms with Crippen LogP contribution in [-0.2, 0) is 4.79 Å². The molecule has 2 N–H and O–H groups in total. The van der Waals surface area contributed by atoms with Gasteiger partial charge in [-0.15, -0.1) is 0 Å². The van der Waals surface area contributed by atoms with Crippen LogP contribution in [0.25, 0.3) is 0 Å². The third-order valence-corrected chi connectivity index (χ3v) is 2.53. The van der Waals surface area contributed by atoms with Crippen LogP contribution < -0.4 is 4.74 Å². The minimum absolute atomic E-state index is 0.161. The zero-order valence-electron chi connectivity index (χ0n) is 8.03. The van der Waals surface area contributed by atoms with Crippen molar-refractivity contribution < 1.29 is 28.5 Å². The Bertz CT molecular complexity index is 439. The highest BCUT2D eigenvalue weighted by Gasteiger charge is 2.25. The normalized spacial score (nSPS) is 12.6. The summed E-state index contributed by atoms with van der Waals surface area (Å²) in [6.45, 7) is -3.12. The van der Waals surface area contributed by atoms with Crippen molar-refractivity contribution in [1.29, 1.82) is 0 Å². The number of carboxylic acids is 1. The molecule has 8 heteroatoms. The average Bonchev–Trinajstić information content (AvgIpc) is 2.21. The van der Waals surface area contributed by atoms with Crippen molar-refractivity contribution in [1.82, 2.24) is 0 Å². The van der Waals surface area contributed by atoms with E-state index in [0.717, 1.165) is 12.1 Å². The van der Waals surface area contributed by atoms with E-state index in [2.05, 4.69) is 4.74 Å². The number of carboxylic acid groups (broad SMARTS) is 1. The van der Waals surface area contributed by atoms with E-state index in [1.807, 2.05) is 0 Å². The SMILES string of the molecule is O=C(O)C(O)c1c(Cl)ccc(OC(F)F)c1Cl. The molecule has 0 bridgehead atoms. The summed E-state index contributed by atoms with van der Waals surface area (Å²) in [5, 5.41) is 17.3. The fraction of sp³-hybridized carbons (Fsp3) is 0.222. The first-order chi connectivity index (χ1) is 7.84. The van der Waals surface area contributed by atoms with Gasteiger partial charge in [-0.05, 0) is 12.1 Å². The maximum Gasteiger partial charge on any atom is 0.387 e. The van der Waals surface area contributed by atoms with Gasteiger partial charge >= 0.3 is 12.6 Å². The lowest BCUT2D eigenvalue weighted by molar-refractivity contribution is -0.146. The Morgan fingerprint density at radius 2 is 1.94 bits per heavy atom. The highest BCUT2D eigenvalue weighted by atomic mass is 35.5. The first-order valence-electron chi connectivity index (χ1n) is 4.18. The second-order valence-corrected chi connectivity index (χ2v) is 3.68. The summed E-state index contributed by atoms with van der Waals surface area (Å²) in [7, 11) is 0. The Balaban J connectivity index is 3.24. The van der Waals surface area contributed by atoms with Gasteiger partial charge in [-0.25, -0.2) is 4.79 Å². The van der Waals surface area contributed by atoms with Crippen molar-refractivity contribution in [2.75, 3.05) is 0 Å². The molecular weight excluding hydrogens is 281 g/mol. The molecule has 1 unspecified atom stereocenters. The third-order valence-electron chi connectivity index (χ3n) is 1.81. The van der Waals surface area contributed by atoms with Gasteiger partial charge in [-0.1, -0.05) is 23.2 Å². The number of aliphatic hydroxyl groups is 1. The largest absolute Gasteiger partial charge is 0.479 e. The number of alkyl halides is 2. The quantitative estimate of drug-likeness (QED) is 0.893. The molecule has 0 aliphatic heterocycles. The van der Waals surface area contributed by atoms with Crippen molar-refractivity contribution in [3.05, 3.63) is 27.7 Å². The Kier molecular flexibility index (Phi) is 4.50. The Hall–Kier alpha value is -1.11. The number of hydrogen-bond donors (Lipinski definition) is 2. The van der Waals surface area contributed by atoms with E-state index < -0.39 is 29.5 Å². The predicted octanol–water partition coefficient (Wildman–Crippen LogP) is 2.71. The van der Waals surface area contributed by atoms with Crippen molar-refractivity contribution in [3.8, 4) is 5.75 Å². The highest BCUT2D eigenvalue weighted by molar-refractivity contribution is 6.37. The van der Waals surface area contributed by atoms with Gasteiger partial charge in [0.05, 0.1) is 5.02 Å². The molecule has 1 atom stereocenters. The predicted molar refractivity (Wildman–Crippen MR) is 55.7 cm³/mol. The first kappa shape index (κ1) is 14.0. The summed E-state index contributed by atoms with van der Waals surface area (Å²) in [5.41, 5.74) is -0.390. The van der Waals surface area contributed by atoms with Crippen LogP contribution in [0.15, 0.2) is 12.1 Å². The van der Waals surface area contributed by atoms with Crippen molar-refractivity contribution in [2.24, 2.45) is 0 Å². The maximum absolute atomic E-state index is 12.0. The van der Waals surface area contributed by atoms with Gasteiger partial charge < -0.3 is 14.9 Å². The smallest absolute Gasteiger partial charge is 0.387 e. The molecule has 0 amide bonds. The summed E-state index contributed by atoms with van der Waals surface area (Å²) in [6.07, 6.45) is -2.02. The van der Waals surface area contributed by atoms with Crippen LogP contribution in [0.1, 0.15) is 11.7 Å². The van der Waals surface area contributed by atoms with Crippen LogP contribution in [0.4, 0.5) is 8.78 Å². The molecule has 1 aromatic carbocycles. The molecule has 0 spiro atoms. The molecule has 0 aromatic heterocycles.